The van der Waals surface area contributed by atoms with Crippen LogP contribution in [0.5, 0.6) is 5.75 Å². The highest BCUT2D eigenvalue weighted by atomic mass is 32.1. The van der Waals surface area contributed by atoms with Gasteiger partial charge in [0.25, 0.3) is 5.91 Å². The van der Waals surface area contributed by atoms with Crippen LogP contribution in [0.15, 0.2) is 60.0 Å². The van der Waals surface area contributed by atoms with Gasteiger partial charge in [-0.1, -0.05) is 44.2 Å². The molecule has 0 radical (unpaired) electrons. The Labute approximate surface area is 173 Å². The number of ether oxygens (including phenoxy) is 1. The van der Waals surface area contributed by atoms with Crippen molar-refractivity contribution >= 4 is 28.3 Å². The van der Waals surface area contributed by atoms with E-state index in [1.165, 1.54) is 11.3 Å². The van der Waals surface area contributed by atoms with Crippen molar-refractivity contribution < 1.29 is 14.3 Å². The number of anilines is 1. The van der Waals surface area contributed by atoms with Gasteiger partial charge in [-0.25, -0.2) is 4.98 Å². The molecule has 1 atom stereocenters. The number of aromatic nitrogens is 1. The molecule has 1 aromatic heterocycles. The Morgan fingerprint density at radius 3 is 2.34 bits per heavy atom. The largest absolute Gasteiger partial charge is 0.497 e. The zero-order valence-electron chi connectivity index (χ0n) is 16.5. The van der Waals surface area contributed by atoms with E-state index in [4.69, 9.17) is 4.74 Å². The molecular formula is C22H23N3O3S. The van der Waals surface area contributed by atoms with Crippen LogP contribution in [0.2, 0.25) is 0 Å². The first-order valence-corrected chi connectivity index (χ1v) is 10.1. The van der Waals surface area contributed by atoms with Gasteiger partial charge < -0.3 is 15.4 Å². The van der Waals surface area contributed by atoms with Crippen LogP contribution < -0.4 is 15.4 Å². The first-order valence-electron chi connectivity index (χ1n) is 9.24. The third kappa shape index (κ3) is 5.20. The summed E-state index contributed by atoms with van der Waals surface area (Å²) in [6, 6.07) is 15.8. The van der Waals surface area contributed by atoms with Crippen molar-refractivity contribution in [2.45, 2.75) is 19.9 Å². The van der Waals surface area contributed by atoms with Crippen molar-refractivity contribution in [1.29, 1.82) is 0 Å². The van der Waals surface area contributed by atoms with Crippen molar-refractivity contribution in [3.05, 3.63) is 65.5 Å². The number of nitrogens with one attached hydrogen (secondary N) is 2. The van der Waals surface area contributed by atoms with E-state index in [1.54, 1.807) is 31.4 Å². The molecule has 0 fully saturated rings. The highest BCUT2D eigenvalue weighted by Gasteiger charge is 2.25. The Morgan fingerprint density at radius 1 is 1.03 bits per heavy atom. The summed E-state index contributed by atoms with van der Waals surface area (Å²) in [5.41, 5.74) is 2.25. The third-order valence-corrected chi connectivity index (χ3v) is 5.15. The first-order chi connectivity index (χ1) is 14.0. The maximum absolute atomic E-state index is 12.8. The summed E-state index contributed by atoms with van der Waals surface area (Å²) >= 11 is 1.35. The number of hydrogen-bond donors (Lipinski definition) is 2. The van der Waals surface area contributed by atoms with Gasteiger partial charge in [0.15, 0.2) is 5.13 Å². The fraction of sp³-hybridized carbons (Fsp3) is 0.227. The first kappa shape index (κ1) is 20.5. The molecule has 6 nitrogen and oxygen atoms in total. The number of carbonyl (C=O) groups excluding carboxylic acids is 2. The molecule has 2 aromatic carbocycles. The van der Waals surface area contributed by atoms with Crippen LogP contribution in [0.25, 0.3) is 11.3 Å². The number of thiazole rings is 1. The molecule has 150 valence electrons. The Hall–Kier alpha value is -3.19. The average Bonchev–Trinajstić information content (AvgIpc) is 3.20. The van der Waals surface area contributed by atoms with Crippen LogP contribution in [0.4, 0.5) is 5.13 Å². The van der Waals surface area contributed by atoms with E-state index in [1.807, 2.05) is 49.6 Å². The number of rotatable bonds is 7. The van der Waals surface area contributed by atoms with E-state index < -0.39 is 6.04 Å². The van der Waals surface area contributed by atoms with E-state index in [2.05, 4.69) is 15.6 Å². The number of hydrogen-bond acceptors (Lipinski definition) is 5. The van der Waals surface area contributed by atoms with Crippen molar-refractivity contribution in [2.24, 2.45) is 5.92 Å². The second-order valence-electron chi connectivity index (χ2n) is 6.82. The van der Waals surface area contributed by atoms with Gasteiger partial charge in [0, 0.05) is 16.5 Å². The van der Waals surface area contributed by atoms with E-state index in [0.29, 0.717) is 16.4 Å². The number of methoxy groups -OCH3 is 1. The summed E-state index contributed by atoms with van der Waals surface area (Å²) in [6.45, 7) is 3.77. The average molecular weight is 410 g/mol. The maximum Gasteiger partial charge on any atom is 0.251 e. The van der Waals surface area contributed by atoms with Gasteiger partial charge in [-0.2, -0.15) is 0 Å². The monoisotopic (exact) mass is 409 g/mol. The van der Waals surface area contributed by atoms with E-state index in [0.717, 1.165) is 11.3 Å². The summed E-state index contributed by atoms with van der Waals surface area (Å²) in [5, 5.41) is 8.03. The minimum atomic E-state index is -0.686. The second kappa shape index (κ2) is 9.34. The number of nitrogens with zero attached hydrogens (tertiary/aromatic N) is 1. The lowest BCUT2D eigenvalue weighted by Gasteiger charge is -2.21. The summed E-state index contributed by atoms with van der Waals surface area (Å²) in [4.78, 5) is 29.8. The van der Waals surface area contributed by atoms with Gasteiger partial charge >= 0.3 is 0 Å². The second-order valence-corrected chi connectivity index (χ2v) is 7.67. The van der Waals surface area contributed by atoms with Crippen LogP contribution in [0.1, 0.15) is 24.2 Å². The highest BCUT2D eigenvalue weighted by molar-refractivity contribution is 7.14. The Morgan fingerprint density at radius 2 is 1.72 bits per heavy atom. The van der Waals surface area contributed by atoms with Crippen molar-refractivity contribution in [3.63, 3.8) is 0 Å². The van der Waals surface area contributed by atoms with Crippen molar-refractivity contribution in [3.8, 4) is 17.0 Å². The molecule has 0 unspecified atom stereocenters. The molecule has 0 bridgehead atoms. The van der Waals surface area contributed by atoms with Gasteiger partial charge in [0.1, 0.15) is 11.8 Å². The smallest absolute Gasteiger partial charge is 0.251 e. The summed E-state index contributed by atoms with van der Waals surface area (Å²) in [7, 11) is 1.57. The number of amides is 2. The predicted octanol–water partition coefficient (Wildman–Crippen LogP) is 4.21. The lowest BCUT2D eigenvalue weighted by Crippen LogP contribution is -2.47. The summed E-state index contributed by atoms with van der Waals surface area (Å²) in [5.74, 6) is -0.0371. The molecule has 1 heterocycles. The zero-order valence-corrected chi connectivity index (χ0v) is 17.3. The van der Waals surface area contributed by atoms with Gasteiger partial charge in [0.05, 0.1) is 12.8 Å². The highest BCUT2D eigenvalue weighted by Crippen LogP contribution is 2.25. The molecule has 3 rings (SSSR count). The molecule has 0 saturated carbocycles. The minimum Gasteiger partial charge on any atom is -0.497 e. The molecule has 2 N–H and O–H groups in total. The fourth-order valence-corrected chi connectivity index (χ4v) is 3.48. The summed E-state index contributed by atoms with van der Waals surface area (Å²) < 4.78 is 5.11. The Balaban J connectivity index is 1.68. The molecule has 7 heteroatoms. The molecule has 3 aromatic rings. The topological polar surface area (TPSA) is 80.3 Å². The van der Waals surface area contributed by atoms with E-state index in [9.17, 15) is 9.59 Å². The van der Waals surface area contributed by atoms with E-state index in [-0.39, 0.29) is 17.7 Å². The molecule has 0 aliphatic heterocycles. The molecule has 2 amide bonds. The van der Waals surface area contributed by atoms with Crippen LogP contribution in [0, 0.1) is 5.92 Å². The van der Waals surface area contributed by atoms with Gasteiger partial charge in [-0.15, -0.1) is 11.3 Å². The SMILES string of the molecule is COc1ccc(C(=O)N[C@H](C(=O)Nc2nc(-c3ccccc3)cs2)C(C)C)cc1. The van der Waals surface area contributed by atoms with Crippen LogP contribution in [-0.2, 0) is 4.79 Å². The molecule has 0 saturated heterocycles. The Bertz CT molecular complexity index is 968. The molecule has 0 spiro atoms. The maximum atomic E-state index is 12.8. The number of carbonyl (C=O) groups is 2. The molecule has 0 aliphatic carbocycles. The van der Waals surface area contributed by atoms with Crippen LogP contribution >= 0.6 is 11.3 Å². The van der Waals surface area contributed by atoms with Crippen molar-refractivity contribution in [1.82, 2.24) is 10.3 Å². The quantitative estimate of drug-likeness (QED) is 0.613. The zero-order chi connectivity index (χ0) is 20.8. The number of benzene rings is 2. The molecular weight excluding hydrogens is 386 g/mol. The molecule has 0 aliphatic rings. The van der Waals surface area contributed by atoms with Gasteiger partial charge in [-0.05, 0) is 30.2 Å². The summed E-state index contributed by atoms with van der Waals surface area (Å²) in [6.07, 6.45) is 0. The standard InChI is InChI=1S/C22H23N3O3S/c1-14(2)19(24-20(26)16-9-11-17(28-3)12-10-16)21(27)25-22-23-18(13-29-22)15-7-5-4-6-8-15/h4-14,19H,1-3H3,(H,24,26)(H,23,25,27)/t19-/m0/s1. The predicted molar refractivity (Wildman–Crippen MR) is 115 cm³/mol. The van der Waals surface area contributed by atoms with E-state index >= 15 is 0 Å². The lowest BCUT2D eigenvalue weighted by atomic mass is 10.0. The third-order valence-electron chi connectivity index (χ3n) is 4.39. The lowest BCUT2D eigenvalue weighted by molar-refractivity contribution is -0.118. The fourth-order valence-electron chi connectivity index (χ4n) is 2.76. The minimum absolute atomic E-state index is 0.0919. The normalized spacial score (nSPS) is 11.7. The van der Waals surface area contributed by atoms with Crippen molar-refractivity contribution in [2.75, 3.05) is 12.4 Å². The van der Waals surface area contributed by atoms with Gasteiger partial charge in [-0.3, -0.25) is 9.59 Å². The Kier molecular flexibility index (Phi) is 6.61. The molecule has 29 heavy (non-hydrogen) atoms. The van der Waals surface area contributed by atoms with Crippen LogP contribution in [-0.4, -0.2) is 29.9 Å². The van der Waals surface area contributed by atoms with Gasteiger partial charge in [0.2, 0.25) is 5.91 Å². The van der Waals surface area contributed by atoms with Crippen LogP contribution in [0.3, 0.4) is 0 Å².